The molecule has 30 heteroatoms. The Kier molecular flexibility index (Phi) is 21.1. The zero-order chi connectivity index (χ0) is 61.6. The number of hydrogen-bond acceptors (Lipinski definition) is 22. The van der Waals surface area contributed by atoms with Crippen LogP contribution in [0.4, 0.5) is 13.2 Å². The molecule has 0 bridgehead atoms. The molecule has 26 nitrogen and oxygen atoms in total. The number of rotatable bonds is 11. The lowest BCUT2D eigenvalue weighted by atomic mass is 9.89. The highest BCUT2D eigenvalue weighted by Gasteiger charge is 2.50. The molecule has 0 aliphatic carbocycles. The fourth-order valence-electron chi connectivity index (χ4n) is 10.2. The second-order valence-electron chi connectivity index (χ2n) is 21.6. The molecule has 9 heterocycles. The van der Waals surface area contributed by atoms with Crippen LogP contribution in [0, 0.1) is 13.8 Å². The molecule has 5 aromatic rings. The molecule has 0 spiro atoms. The van der Waals surface area contributed by atoms with Crippen LogP contribution in [0.25, 0.3) is 0 Å². The third kappa shape index (κ3) is 14.7. The minimum Gasteiger partial charge on any atom is -0.438 e. The van der Waals surface area contributed by atoms with Gasteiger partial charge in [0.1, 0.15) is 88.0 Å². The summed E-state index contributed by atoms with van der Waals surface area (Å²) in [5.74, 6) is 0.347. The summed E-state index contributed by atoms with van der Waals surface area (Å²) in [4.78, 5) is 57.9. The lowest BCUT2D eigenvalue weighted by molar-refractivity contribution is -0.203. The largest absolute Gasteiger partial charge is 0.438 e. The number of benzene rings is 2. The first-order valence-electron chi connectivity index (χ1n) is 27.7. The van der Waals surface area contributed by atoms with Crippen molar-refractivity contribution >= 4 is 10.1 Å². The lowest BCUT2D eigenvalue weighted by Crippen LogP contribution is -2.38. The molecule has 6 fully saturated rings. The van der Waals surface area contributed by atoms with E-state index in [1.54, 1.807) is 0 Å². The predicted octanol–water partition coefficient (Wildman–Crippen LogP) is 5.32. The van der Waals surface area contributed by atoms with E-state index >= 15 is 4.39 Å². The van der Waals surface area contributed by atoms with Crippen molar-refractivity contribution in [1.29, 1.82) is 0 Å². The van der Waals surface area contributed by atoms with Gasteiger partial charge in [-0.1, -0.05) is 71.9 Å². The summed E-state index contributed by atoms with van der Waals surface area (Å²) < 4.78 is 149. The van der Waals surface area contributed by atoms with Crippen molar-refractivity contribution in [3.63, 3.8) is 0 Å². The highest BCUT2D eigenvalue weighted by Crippen LogP contribution is 2.39. The number of aromatic amines is 1. The van der Waals surface area contributed by atoms with Crippen LogP contribution in [-0.2, 0) is 67.0 Å². The van der Waals surface area contributed by atoms with E-state index in [1.807, 2.05) is 85.7 Å². The maximum absolute atomic E-state index is 15.1. The lowest BCUT2D eigenvalue weighted by Gasteiger charge is -2.22. The number of para-hydroxylation sites is 1. The van der Waals surface area contributed by atoms with Crippen molar-refractivity contribution in [2.75, 3.05) is 60.6 Å². The molecule has 2 aromatic carbocycles. The average Bonchev–Trinajstić information content (AvgIpc) is 1.65. The normalized spacial score (nSPS) is 27.8. The van der Waals surface area contributed by atoms with Gasteiger partial charge < -0.3 is 65.8 Å². The van der Waals surface area contributed by atoms with Crippen LogP contribution >= 0.6 is 0 Å². The fraction of sp³-hybridized carbons (Fsp3) is 0.571. The highest BCUT2D eigenvalue weighted by molar-refractivity contribution is 7.87. The van der Waals surface area contributed by atoms with Gasteiger partial charge in [0.15, 0.2) is 37.2 Å². The second-order valence-corrected chi connectivity index (χ2v) is 23.1. The number of alkyl halides is 3. The zero-order valence-corrected chi connectivity index (χ0v) is 49.1. The van der Waals surface area contributed by atoms with Crippen LogP contribution in [0.2, 0.25) is 0 Å². The SMILES string of the molecule is CC(C)c1cc(C(C)C)c(S(=O)(=O)Oc2ccn([C@@H]3O[C@@H]4COCOCOC4[C@@H]3F)c(=O)n2)c(C(C)C)c1.Cc1cccc(C)c1Oc1ccn([C@@H]2O[C@@H]3COCOCOC3[C@@H]2F)c(=O)n1.O=c1ccn([C@@H]2O[C@@H]3COCOCOC3[C@@H]2F)c(=O)[nH]1. The van der Waals surface area contributed by atoms with E-state index in [4.69, 9.17) is 65.8 Å². The quantitative estimate of drug-likeness (QED) is 0.164. The third-order valence-electron chi connectivity index (χ3n) is 14.6. The number of halogens is 3. The molecule has 86 heavy (non-hydrogen) atoms. The van der Waals surface area contributed by atoms with E-state index in [0.29, 0.717) is 16.9 Å². The highest BCUT2D eigenvalue weighted by atomic mass is 32.2. The van der Waals surface area contributed by atoms with Crippen molar-refractivity contribution in [2.24, 2.45) is 0 Å². The first kappa shape index (κ1) is 64.2. The predicted molar refractivity (Wildman–Crippen MR) is 292 cm³/mol. The van der Waals surface area contributed by atoms with Crippen LogP contribution in [0.3, 0.4) is 0 Å². The molecule has 12 atom stereocenters. The zero-order valence-electron chi connectivity index (χ0n) is 48.3. The summed E-state index contributed by atoms with van der Waals surface area (Å²) in [6.45, 7) is 15.5. The molecule has 0 amide bonds. The van der Waals surface area contributed by atoms with Crippen molar-refractivity contribution in [3.8, 4) is 17.5 Å². The van der Waals surface area contributed by atoms with Crippen molar-refractivity contribution in [2.45, 2.75) is 152 Å². The molecule has 11 rings (SSSR count). The van der Waals surface area contributed by atoms with E-state index < -0.39 is 112 Å². The van der Waals surface area contributed by atoms with E-state index in [1.165, 1.54) is 30.7 Å². The molecular formula is C56H69F3N6O20S. The summed E-state index contributed by atoms with van der Waals surface area (Å²) >= 11 is 0. The summed E-state index contributed by atoms with van der Waals surface area (Å²) in [6, 6.07) is 13.3. The second kappa shape index (κ2) is 28.3. The number of aryl methyl sites for hydroxylation is 2. The Morgan fingerprint density at radius 2 is 0.977 bits per heavy atom. The molecule has 1 N–H and O–H groups in total. The Labute approximate surface area is 491 Å². The summed E-state index contributed by atoms with van der Waals surface area (Å²) in [6.07, 6.45) is -9.52. The van der Waals surface area contributed by atoms with E-state index in [0.717, 1.165) is 36.5 Å². The topological polar surface area (TPSA) is 288 Å². The number of ether oxygens (including phenoxy) is 13. The van der Waals surface area contributed by atoms with Crippen molar-refractivity contribution < 1.29 is 87.4 Å². The average molecular weight is 1240 g/mol. The molecule has 6 aliphatic heterocycles. The molecule has 3 aromatic heterocycles. The Bertz CT molecular complexity index is 3450. The first-order valence-corrected chi connectivity index (χ1v) is 29.1. The number of nitrogens with zero attached hydrogens (tertiary/aromatic N) is 5. The van der Waals surface area contributed by atoms with Crippen LogP contribution in [0.5, 0.6) is 17.5 Å². The number of H-pyrrole nitrogens is 1. The fourth-order valence-corrected chi connectivity index (χ4v) is 11.8. The smallest absolute Gasteiger partial charge is 0.353 e. The molecule has 470 valence electrons. The van der Waals surface area contributed by atoms with Gasteiger partial charge in [-0.3, -0.25) is 23.5 Å². The van der Waals surface area contributed by atoms with E-state index in [-0.39, 0.29) is 89.1 Å². The first-order chi connectivity index (χ1) is 41.1. The van der Waals surface area contributed by atoms with Crippen LogP contribution in [-0.4, -0.2) is 153 Å². The molecular weight excluding hydrogens is 1170 g/mol. The minimum absolute atomic E-state index is 0.0204. The van der Waals surface area contributed by atoms with E-state index in [9.17, 15) is 36.4 Å². The van der Waals surface area contributed by atoms with Crippen LogP contribution < -0.4 is 31.5 Å². The van der Waals surface area contributed by atoms with Gasteiger partial charge in [-0.15, -0.1) is 0 Å². The standard InChI is InChI=1S/C26H35FN2O8S.C19H21FN2O6.C11H13FN2O6/c1-14(2)17-9-18(15(3)4)24(19(10-17)16(5)6)38(31,32)37-21-7-8-29(26(30)28-21)25-22(27)23-20(36-25)11-33-12-34-13-35-23;1-11-4-3-5-12(2)16(11)28-14-6-7-22(19(23)21-14)18-15(20)17-13(27-18)8-24-9-25-10-26-17;12-8-9-6(3-17-4-18-5-19-9)20-10(8)14-2-1-7(15)13-11(14)16/h7-10,14-16,20,22-23,25H,11-13H2,1-6H3;3-7,13,15,17-18H,8-10H2,1-2H3;1-2,6,8-10H,3-5H2,(H,13,15,16)/t20-,22+,23?,25-;13-,15+,17?,18-;6-,8+,9?,10-/m111/s1. The van der Waals surface area contributed by atoms with Gasteiger partial charge in [0, 0.05) is 36.8 Å². The van der Waals surface area contributed by atoms with Gasteiger partial charge in [0.2, 0.25) is 11.8 Å². The van der Waals surface area contributed by atoms with Gasteiger partial charge >= 0.3 is 27.2 Å². The van der Waals surface area contributed by atoms with Gasteiger partial charge in [-0.2, -0.15) is 18.4 Å². The van der Waals surface area contributed by atoms with Gasteiger partial charge in [-0.05, 0) is 59.4 Å². The Hall–Kier alpha value is -6.26. The maximum Gasteiger partial charge on any atom is 0.353 e. The number of fused-ring (bicyclic) bond motifs is 3. The van der Waals surface area contributed by atoms with Gasteiger partial charge in [-0.25, -0.2) is 27.6 Å². The number of hydrogen-bond donors (Lipinski definition) is 1. The number of nitrogens with one attached hydrogen (secondary N) is 1. The van der Waals surface area contributed by atoms with Crippen LogP contribution in [0.15, 0.2) is 91.2 Å². The van der Waals surface area contributed by atoms with Gasteiger partial charge in [0.05, 0.1) is 19.8 Å². The summed E-state index contributed by atoms with van der Waals surface area (Å²) in [7, 11) is -4.36. The molecule has 6 aliphatic rings. The molecule has 3 unspecified atom stereocenters. The minimum atomic E-state index is -4.36. The number of aromatic nitrogens is 6. The van der Waals surface area contributed by atoms with Crippen molar-refractivity contribution in [1.82, 2.24) is 28.7 Å². The van der Waals surface area contributed by atoms with Crippen LogP contribution in [0.1, 0.15) is 106 Å². The third-order valence-corrected chi connectivity index (χ3v) is 16.0. The van der Waals surface area contributed by atoms with Crippen molar-refractivity contribution in [3.05, 3.63) is 137 Å². The Balaban J connectivity index is 0.000000162. The molecule has 0 radical (unpaired) electrons. The Morgan fingerprint density at radius 1 is 0.558 bits per heavy atom. The summed E-state index contributed by atoms with van der Waals surface area (Å²) in [5, 5.41) is 0. The Morgan fingerprint density at radius 3 is 1.40 bits per heavy atom. The molecule has 0 saturated carbocycles. The van der Waals surface area contributed by atoms with Gasteiger partial charge in [0.25, 0.3) is 5.56 Å². The summed E-state index contributed by atoms with van der Waals surface area (Å²) in [5.41, 5.74) is 1.23. The van der Waals surface area contributed by atoms with E-state index in [2.05, 4.69) is 15.0 Å². The maximum atomic E-state index is 15.1. The monoisotopic (exact) mass is 1230 g/mol. The molecule has 6 saturated heterocycles.